The normalized spacial score (nSPS) is 11.6. The molecule has 2 aromatic rings. The third-order valence-electron chi connectivity index (χ3n) is 3.33. The fourth-order valence-electron chi connectivity index (χ4n) is 1.84. The third-order valence-corrected chi connectivity index (χ3v) is 4.02. The highest BCUT2D eigenvalue weighted by Gasteiger charge is 2.14. The molecule has 1 unspecified atom stereocenters. The first-order valence-electron chi connectivity index (χ1n) is 7.35. The number of carbonyl (C=O) groups is 2. The van der Waals surface area contributed by atoms with E-state index in [9.17, 15) is 9.59 Å². The second-order valence-electron chi connectivity index (χ2n) is 5.12. The van der Waals surface area contributed by atoms with E-state index in [4.69, 9.17) is 0 Å². The summed E-state index contributed by atoms with van der Waals surface area (Å²) in [4.78, 5) is 28.5. The molecule has 2 rings (SSSR count). The van der Waals surface area contributed by atoms with Crippen LogP contribution in [0.1, 0.15) is 41.2 Å². The summed E-state index contributed by atoms with van der Waals surface area (Å²) in [5.74, 6) is -0.648. The largest absolute Gasteiger partial charge is 0.348 e. The Morgan fingerprint density at radius 2 is 1.74 bits per heavy atom. The number of pyridine rings is 1. The van der Waals surface area contributed by atoms with Crippen molar-refractivity contribution in [2.45, 2.75) is 26.3 Å². The van der Waals surface area contributed by atoms with Crippen molar-refractivity contribution in [3.05, 3.63) is 58.3 Å². The molecule has 5 nitrogen and oxygen atoms in total. The number of amides is 2. The van der Waals surface area contributed by atoms with Gasteiger partial charge in [-0.15, -0.1) is 0 Å². The number of rotatable bonds is 5. The molecule has 0 saturated carbocycles. The number of para-hydroxylation sites is 1. The molecule has 23 heavy (non-hydrogen) atoms. The van der Waals surface area contributed by atoms with Crippen molar-refractivity contribution in [3.63, 3.8) is 0 Å². The van der Waals surface area contributed by atoms with E-state index in [0.717, 1.165) is 10.9 Å². The lowest BCUT2D eigenvalue weighted by atomic mass is 10.2. The molecule has 2 amide bonds. The lowest BCUT2D eigenvalue weighted by molar-refractivity contribution is 0.0934. The Balaban J connectivity index is 2.14. The molecule has 1 atom stereocenters. The van der Waals surface area contributed by atoms with Gasteiger partial charge in [0, 0.05) is 10.5 Å². The van der Waals surface area contributed by atoms with Crippen molar-refractivity contribution in [3.8, 4) is 0 Å². The number of hydrogen-bond acceptors (Lipinski definition) is 3. The molecule has 0 radical (unpaired) electrons. The molecule has 0 bridgehead atoms. The number of nitrogens with zero attached hydrogens (tertiary/aromatic N) is 1. The first-order chi connectivity index (χ1) is 11.0. The molecule has 2 N–H and O–H groups in total. The van der Waals surface area contributed by atoms with Crippen LogP contribution >= 0.6 is 15.9 Å². The minimum Gasteiger partial charge on any atom is -0.348 e. The summed E-state index contributed by atoms with van der Waals surface area (Å²) in [5, 5.41) is 5.59. The number of aromatic nitrogens is 1. The van der Waals surface area contributed by atoms with Crippen LogP contribution in [0.15, 0.2) is 46.9 Å². The molecule has 0 fully saturated rings. The van der Waals surface area contributed by atoms with Crippen molar-refractivity contribution < 1.29 is 9.59 Å². The van der Waals surface area contributed by atoms with Gasteiger partial charge in [-0.25, -0.2) is 4.98 Å². The molecule has 0 aliphatic rings. The highest BCUT2D eigenvalue weighted by atomic mass is 79.9. The maximum absolute atomic E-state index is 12.3. The van der Waals surface area contributed by atoms with Crippen molar-refractivity contribution >= 4 is 33.4 Å². The van der Waals surface area contributed by atoms with E-state index in [1.54, 1.807) is 24.3 Å². The Hall–Kier alpha value is -2.21. The van der Waals surface area contributed by atoms with E-state index in [2.05, 4.69) is 31.5 Å². The predicted molar refractivity (Wildman–Crippen MR) is 93.6 cm³/mol. The lowest BCUT2D eigenvalue weighted by Gasteiger charge is -2.11. The van der Waals surface area contributed by atoms with Gasteiger partial charge in [0.25, 0.3) is 11.8 Å². The van der Waals surface area contributed by atoms with Gasteiger partial charge in [-0.3, -0.25) is 9.59 Å². The van der Waals surface area contributed by atoms with Crippen LogP contribution in [0.5, 0.6) is 0 Å². The topological polar surface area (TPSA) is 71.1 Å². The number of anilines is 1. The van der Waals surface area contributed by atoms with Crippen molar-refractivity contribution in [2.75, 3.05) is 5.32 Å². The summed E-state index contributed by atoms with van der Waals surface area (Å²) in [5.41, 5.74) is 1.07. The van der Waals surface area contributed by atoms with Crippen LogP contribution in [-0.4, -0.2) is 22.8 Å². The number of carbonyl (C=O) groups excluding carboxylic acids is 2. The van der Waals surface area contributed by atoms with Crippen LogP contribution < -0.4 is 10.6 Å². The second-order valence-corrected chi connectivity index (χ2v) is 5.98. The van der Waals surface area contributed by atoms with E-state index in [1.165, 1.54) is 0 Å². The van der Waals surface area contributed by atoms with Crippen LogP contribution in [0, 0.1) is 0 Å². The van der Waals surface area contributed by atoms with Crippen molar-refractivity contribution in [1.82, 2.24) is 10.3 Å². The van der Waals surface area contributed by atoms with Crippen molar-refractivity contribution in [2.24, 2.45) is 0 Å². The highest BCUT2D eigenvalue weighted by Crippen LogP contribution is 2.21. The monoisotopic (exact) mass is 375 g/mol. The van der Waals surface area contributed by atoms with Gasteiger partial charge in [-0.1, -0.05) is 25.1 Å². The third kappa shape index (κ3) is 4.63. The molecular weight excluding hydrogens is 358 g/mol. The molecular formula is C17H18BrN3O2. The number of hydrogen-bond donors (Lipinski definition) is 2. The van der Waals surface area contributed by atoms with E-state index in [1.807, 2.05) is 32.0 Å². The average molecular weight is 376 g/mol. The summed E-state index contributed by atoms with van der Waals surface area (Å²) >= 11 is 3.37. The van der Waals surface area contributed by atoms with Gasteiger partial charge < -0.3 is 10.6 Å². The van der Waals surface area contributed by atoms with Gasteiger partial charge in [0.2, 0.25) is 0 Å². The van der Waals surface area contributed by atoms with E-state index < -0.39 is 0 Å². The highest BCUT2D eigenvalue weighted by molar-refractivity contribution is 9.10. The Bertz CT molecular complexity index is 718. The van der Waals surface area contributed by atoms with E-state index >= 15 is 0 Å². The van der Waals surface area contributed by atoms with Gasteiger partial charge in [0.05, 0.1) is 5.69 Å². The zero-order chi connectivity index (χ0) is 16.8. The molecule has 0 spiro atoms. The fraction of sp³-hybridized carbons (Fsp3) is 0.235. The van der Waals surface area contributed by atoms with Gasteiger partial charge in [-0.2, -0.15) is 0 Å². The quantitative estimate of drug-likeness (QED) is 0.837. The maximum atomic E-state index is 12.3. The summed E-state index contributed by atoms with van der Waals surface area (Å²) in [6, 6.07) is 12.2. The van der Waals surface area contributed by atoms with Gasteiger partial charge >= 0.3 is 0 Å². The zero-order valence-electron chi connectivity index (χ0n) is 13.0. The minimum absolute atomic E-state index is 0.0575. The average Bonchev–Trinajstić information content (AvgIpc) is 2.56. The standard InChI is InChI=1S/C17H18BrN3O2/c1-3-11(2)19-16(22)14-9-6-10-15(20-14)17(23)21-13-8-5-4-7-12(13)18/h4-11H,3H2,1-2H3,(H,19,22)(H,21,23). The van der Waals surface area contributed by atoms with Crippen LogP contribution in [0.4, 0.5) is 5.69 Å². The SMILES string of the molecule is CCC(C)NC(=O)c1cccc(C(=O)Nc2ccccc2Br)n1. The lowest BCUT2D eigenvalue weighted by Crippen LogP contribution is -2.32. The molecule has 1 aromatic heterocycles. The number of halogens is 1. The van der Waals surface area contributed by atoms with Crippen LogP contribution in [-0.2, 0) is 0 Å². The molecule has 0 saturated heterocycles. The number of benzene rings is 1. The zero-order valence-corrected chi connectivity index (χ0v) is 14.6. The summed E-state index contributed by atoms with van der Waals surface area (Å²) in [6.45, 7) is 3.90. The number of nitrogens with one attached hydrogen (secondary N) is 2. The minimum atomic E-state index is -0.366. The van der Waals surface area contributed by atoms with Crippen LogP contribution in [0.3, 0.4) is 0 Å². The van der Waals surface area contributed by atoms with E-state index in [0.29, 0.717) is 5.69 Å². The van der Waals surface area contributed by atoms with E-state index in [-0.39, 0.29) is 29.2 Å². The summed E-state index contributed by atoms with van der Waals surface area (Å²) in [7, 11) is 0. The van der Waals surface area contributed by atoms with Crippen molar-refractivity contribution in [1.29, 1.82) is 0 Å². The molecule has 0 aliphatic heterocycles. The first kappa shape index (κ1) is 17.1. The molecule has 6 heteroatoms. The molecule has 1 aromatic carbocycles. The predicted octanol–water partition coefficient (Wildman–Crippen LogP) is 3.62. The second kappa shape index (κ2) is 7.87. The summed E-state index contributed by atoms with van der Waals surface area (Å²) in [6.07, 6.45) is 0.827. The fourth-order valence-corrected chi connectivity index (χ4v) is 2.22. The maximum Gasteiger partial charge on any atom is 0.274 e. The van der Waals surface area contributed by atoms with Gasteiger partial charge in [0.15, 0.2) is 0 Å². The Morgan fingerprint density at radius 3 is 2.39 bits per heavy atom. The molecule has 120 valence electrons. The van der Waals surface area contributed by atoms with Gasteiger partial charge in [-0.05, 0) is 53.5 Å². The summed E-state index contributed by atoms with van der Waals surface area (Å²) < 4.78 is 0.777. The smallest absolute Gasteiger partial charge is 0.274 e. The molecule has 0 aliphatic carbocycles. The Labute approximate surface area is 143 Å². The first-order valence-corrected chi connectivity index (χ1v) is 8.14. The van der Waals surface area contributed by atoms with Crippen LogP contribution in [0.2, 0.25) is 0 Å². The van der Waals surface area contributed by atoms with Crippen LogP contribution in [0.25, 0.3) is 0 Å². The molecule has 1 heterocycles. The Morgan fingerprint density at radius 1 is 1.09 bits per heavy atom. The Kier molecular flexibility index (Phi) is 5.87. The van der Waals surface area contributed by atoms with Gasteiger partial charge in [0.1, 0.15) is 11.4 Å².